The zero-order chi connectivity index (χ0) is 14.4. The Balaban J connectivity index is 1.90. The van der Waals surface area contributed by atoms with E-state index in [0.717, 1.165) is 0 Å². The van der Waals surface area contributed by atoms with Gasteiger partial charge in [-0.15, -0.1) is 0 Å². The normalized spacial score (nSPS) is 13.7. The summed E-state index contributed by atoms with van der Waals surface area (Å²) in [6, 6.07) is 20.5. The molecule has 0 aliphatic rings. The topological polar surface area (TPSA) is 17.1 Å². The van der Waals surface area contributed by atoms with Crippen molar-refractivity contribution in [2.75, 3.05) is 0 Å². The Kier molecular flexibility index (Phi) is 5.11. The molecular formula is C19H22O. The van der Waals surface area contributed by atoms with Crippen molar-refractivity contribution in [2.45, 2.75) is 38.5 Å². The summed E-state index contributed by atoms with van der Waals surface area (Å²) in [6.45, 7) is 4.25. The van der Waals surface area contributed by atoms with Crippen LogP contribution in [0.1, 0.15) is 49.7 Å². The molecule has 0 aliphatic heterocycles. The van der Waals surface area contributed by atoms with Crippen molar-refractivity contribution in [3.63, 3.8) is 0 Å². The zero-order valence-electron chi connectivity index (χ0n) is 12.3. The molecule has 0 fully saturated rings. The monoisotopic (exact) mass is 266 g/mol. The molecule has 0 N–H and O–H groups in total. The maximum absolute atomic E-state index is 12.2. The molecule has 0 aliphatic carbocycles. The van der Waals surface area contributed by atoms with Gasteiger partial charge in [-0.25, -0.2) is 0 Å². The van der Waals surface area contributed by atoms with Crippen LogP contribution in [0.3, 0.4) is 0 Å². The van der Waals surface area contributed by atoms with E-state index < -0.39 is 0 Å². The fraction of sp³-hybridized carbons (Fsp3) is 0.316. The molecule has 0 amide bonds. The highest BCUT2D eigenvalue weighted by Gasteiger charge is 2.15. The summed E-state index contributed by atoms with van der Waals surface area (Å²) in [6.07, 6.45) is 1.25. The Labute approximate surface area is 121 Å². The standard InChI is InChI=1S/C19H22O/c1-15(17-9-5-3-6-10-17)13-19(20)14-16(2)18-11-7-4-8-12-18/h3-12,15-16H,13-14H2,1-2H3. The minimum atomic E-state index is 0.298. The van der Waals surface area contributed by atoms with Gasteiger partial charge in [-0.1, -0.05) is 74.5 Å². The number of carbonyl (C=O) groups excluding carboxylic acids is 1. The van der Waals surface area contributed by atoms with Gasteiger partial charge in [-0.2, -0.15) is 0 Å². The van der Waals surface area contributed by atoms with E-state index >= 15 is 0 Å². The molecule has 0 spiro atoms. The molecule has 1 heteroatoms. The smallest absolute Gasteiger partial charge is 0.134 e. The molecule has 0 saturated heterocycles. The van der Waals surface area contributed by atoms with Crippen LogP contribution in [0.2, 0.25) is 0 Å². The van der Waals surface area contributed by atoms with Crippen LogP contribution in [0.5, 0.6) is 0 Å². The molecule has 0 radical (unpaired) electrons. The third-order valence-electron chi connectivity index (χ3n) is 3.80. The van der Waals surface area contributed by atoms with Crippen LogP contribution >= 0.6 is 0 Å². The summed E-state index contributed by atoms with van der Waals surface area (Å²) < 4.78 is 0. The van der Waals surface area contributed by atoms with Gasteiger partial charge in [-0.05, 0) is 23.0 Å². The Morgan fingerprint density at radius 3 is 1.45 bits per heavy atom. The molecule has 0 aromatic heterocycles. The highest BCUT2D eigenvalue weighted by atomic mass is 16.1. The van der Waals surface area contributed by atoms with Crippen molar-refractivity contribution in [1.82, 2.24) is 0 Å². The van der Waals surface area contributed by atoms with Gasteiger partial charge < -0.3 is 0 Å². The van der Waals surface area contributed by atoms with Crippen LogP contribution in [0, 0.1) is 0 Å². The Morgan fingerprint density at radius 1 is 0.750 bits per heavy atom. The Hall–Kier alpha value is -1.89. The van der Waals surface area contributed by atoms with Gasteiger partial charge in [0.2, 0.25) is 0 Å². The second-order valence-corrected chi connectivity index (χ2v) is 5.57. The van der Waals surface area contributed by atoms with E-state index in [-0.39, 0.29) is 0 Å². The summed E-state index contributed by atoms with van der Waals surface area (Å²) in [7, 11) is 0. The lowest BCUT2D eigenvalue weighted by Gasteiger charge is -2.14. The van der Waals surface area contributed by atoms with E-state index in [1.807, 2.05) is 36.4 Å². The predicted molar refractivity (Wildman–Crippen MR) is 84.0 cm³/mol. The van der Waals surface area contributed by atoms with Crippen molar-refractivity contribution in [2.24, 2.45) is 0 Å². The first-order valence-electron chi connectivity index (χ1n) is 7.28. The van der Waals surface area contributed by atoms with Gasteiger partial charge in [-0.3, -0.25) is 4.79 Å². The van der Waals surface area contributed by atoms with Crippen LogP contribution in [-0.2, 0) is 4.79 Å². The minimum Gasteiger partial charge on any atom is -0.300 e. The van der Waals surface area contributed by atoms with Gasteiger partial charge in [0.05, 0.1) is 0 Å². The van der Waals surface area contributed by atoms with E-state index in [9.17, 15) is 4.79 Å². The Morgan fingerprint density at radius 2 is 1.10 bits per heavy atom. The van der Waals surface area contributed by atoms with Crippen LogP contribution in [0.25, 0.3) is 0 Å². The summed E-state index contributed by atoms with van der Waals surface area (Å²) >= 11 is 0. The zero-order valence-corrected chi connectivity index (χ0v) is 12.3. The molecule has 1 nitrogen and oxygen atoms in total. The molecule has 20 heavy (non-hydrogen) atoms. The maximum Gasteiger partial charge on any atom is 0.134 e. The van der Waals surface area contributed by atoms with E-state index in [1.165, 1.54) is 11.1 Å². The minimum absolute atomic E-state index is 0.298. The molecular weight excluding hydrogens is 244 g/mol. The first-order chi connectivity index (χ1) is 9.66. The van der Waals surface area contributed by atoms with Gasteiger partial charge >= 0.3 is 0 Å². The quantitative estimate of drug-likeness (QED) is 0.723. The molecule has 0 heterocycles. The van der Waals surface area contributed by atoms with Crippen molar-refractivity contribution in [3.05, 3.63) is 71.8 Å². The second kappa shape index (κ2) is 7.04. The molecule has 2 aromatic rings. The predicted octanol–water partition coefficient (Wildman–Crippen LogP) is 4.94. The second-order valence-electron chi connectivity index (χ2n) is 5.57. The van der Waals surface area contributed by atoms with E-state index in [1.54, 1.807) is 0 Å². The lowest BCUT2D eigenvalue weighted by atomic mass is 9.90. The largest absolute Gasteiger partial charge is 0.300 e. The van der Waals surface area contributed by atoms with Crippen LogP contribution < -0.4 is 0 Å². The molecule has 2 atom stereocenters. The fourth-order valence-corrected chi connectivity index (χ4v) is 2.57. The van der Waals surface area contributed by atoms with Crippen molar-refractivity contribution in [3.8, 4) is 0 Å². The maximum atomic E-state index is 12.2. The summed E-state index contributed by atoms with van der Waals surface area (Å²) in [5.41, 5.74) is 2.49. The first kappa shape index (κ1) is 14.5. The first-order valence-corrected chi connectivity index (χ1v) is 7.28. The number of carbonyl (C=O) groups is 1. The third kappa shape index (κ3) is 4.06. The average molecular weight is 266 g/mol. The van der Waals surface area contributed by atoms with E-state index in [2.05, 4.69) is 38.1 Å². The van der Waals surface area contributed by atoms with Crippen molar-refractivity contribution in [1.29, 1.82) is 0 Å². The lowest BCUT2D eigenvalue weighted by Crippen LogP contribution is -2.08. The average Bonchev–Trinajstić information content (AvgIpc) is 2.49. The summed E-state index contributed by atoms with van der Waals surface area (Å²) in [5, 5.41) is 0. The number of hydrogen-bond acceptors (Lipinski definition) is 1. The lowest BCUT2D eigenvalue weighted by molar-refractivity contribution is -0.119. The SMILES string of the molecule is CC(CC(=O)CC(C)c1ccccc1)c1ccccc1. The number of hydrogen-bond donors (Lipinski definition) is 0. The molecule has 2 unspecified atom stereocenters. The number of benzene rings is 2. The molecule has 0 saturated carbocycles. The van der Waals surface area contributed by atoms with Crippen LogP contribution in [-0.4, -0.2) is 5.78 Å². The van der Waals surface area contributed by atoms with Crippen LogP contribution in [0.15, 0.2) is 60.7 Å². The summed E-state index contributed by atoms with van der Waals surface area (Å²) in [4.78, 5) is 12.2. The van der Waals surface area contributed by atoms with Gasteiger partial charge in [0.25, 0.3) is 0 Å². The highest BCUT2D eigenvalue weighted by Crippen LogP contribution is 2.24. The van der Waals surface area contributed by atoms with Gasteiger partial charge in [0.1, 0.15) is 5.78 Å². The molecule has 0 bridgehead atoms. The molecule has 2 rings (SSSR count). The highest BCUT2D eigenvalue weighted by molar-refractivity contribution is 5.80. The molecule has 2 aromatic carbocycles. The van der Waals surface area contributed by atoms with Crippen LogP contribution in [0.4, 0.5) is 0 Å². The number of ketones is 1. The number of rotatable bonds is 6. The fourth-order valence-electron chi connectivity index (χ4n) is 2.57. The molecule has 104 valence electrons. The van der Waals surface area contributed by atoms with Gasteiger partial charge in [0, 0.05) is 12.8 Å². The third-order valence-corrected chi connectivity index (χ3v) is 3.80. The summed E-state index contributed by atoms with van der Waals surface area (Å²) in [5.74, 6) is 0.941. The van der Waals surface area contributed by atoms with E-state index in [0.29, 0.717) is 30.5 Å². The van der Waals surface area contributed by atoms with E-state index in [4.69, 9.17) is 0 Å². The Bertz CT molecular complexity index is 481. The number of Topliss-reactive ketones (excluding diaryl/α,β-unsaturated/α-hetero) is 1. The van der Waals surface area contributed by atoms with Crippen molar-refractivity contribution >= 4 is 5.78 Å². The van der Waals surface area contributed by atoms with Crippen molar-refractivity contribution < 1.29 is 4.79 Å². The van der Waals surface area contributed by atoms with Gasteiger partial charge in [0.15, 0.2) is 0 Å².